The third-order valence-electron chi connectivity index (χ3n) is 6.26. The lowest BCUT2D eigenvalue weighted by atomic mass is 10.1. The Morgan fingerprint density at radius 3 is 2.33 bits per heavy atom. The van der Waals surface area contributed by atoms with Crippen LogP contribution >= 0.6 is 11.6 Å². The zero-order chi connectivity index (χ0) is 30.2. The quantitative estimate of drug-likeness (QED) is 0.130. The fourth-order valence-electron chi connectivity index (χ4n) is 4.09. The van der Waals surface area contributed by atoms with Gasteiger partial charge in [-0.3, -0.25) is 9.52 Å². The third kappa shape index (κ3) is 7.48. The molecule has 0 radical (unpaired) electrons. The Balaban J connectivity index is 1.30. The van der Waals surface area contributed by atoms with Crippen LogP contribution in [0.4, 0.5) is 5.69 Å². The molecule has 2 N–H and O–H groups in total. The van der Waals surface area contributed by atoms with Crippen LogP contribution in [0.3, 0.4) is 0 Å². The summed E-state index contributed by atoms with van der Waals surface area (Å²) >= 11 is 5.85. The van der Waals surface area contributed by atoms with Crippen LogP contribution in [0, 0.1) is 0 Å². The summed E-state index contributed by atoms with van der Waals surface area (Å²) in [5, 5.41) is 9.38. The fourth-order valence-corrected chi connectivity index (χ4v) is 5.28. The van der Waals surface area contributed by atoms with Crippen molar-refractivity contribution in [3.05, 3.63) is 125 Å². The first-order valence-electron chi connectivity index (χ1n) is 13.4. The van der Waals surface area contributed by atoms with Crippen molar-refractivity contribution in [1.82, 2.24) is 15.2 Å². The number of ether oxygens (including phenoxy) is 1. The molecule has 5 aromatic rings. The van der Waals surface area contributed by atoms with E-state index in [0.717, 1.165) is 23.4 Å². The van der Waals surface area contributed by atoms with E-state index in [1.807, 2.05) is 60.8 Å². The molecule has 0 spiro atoms. The van der Waals surface area contributed by atoms with Crippen molar-refractivity contribution in [2.75, 3.05) is 11.3 Å². The highest BCUT2D eigenvalue weighted by molar-refractivity contribution is 7.92. The summed E-state index contributed by atoms with van der Waals surface area (Å²) in [5.41, 5.74) is 6.25. The number of benzene rings is 4. The number of carbonyl (C=O) groups excluding carboxylic acids is 1. The number of hydrogen-bond acceptors (Lipinski definition) is 6. The molecule has 1 heterocycles. The molecule has 0 atom stereocenters. The predicted octanol–water partition coefficient (Wildman–Crippen LogP) is 6.55. The molecule has 0 aliphatic rings. The Bertz CT molecular complexity index is 1820. The van der Waals surface area contributed by atoms with Crippen LogP contribution in [0.1, 0.15) is 29.3 Å². The highest BCUT2D eigenvalue weighted by Crippen LogP contribution is 2.25. The van der Waals surface area contributed by atoms with Crippen LogP contribution < -0.4 is 14.9 Å². The van der Waals surface area contributed by atoms with Crippen molar-refractivity contribution in [3.63, 3.8) is 0 Å². The maximum Gasteiger partial charge on any atom is 0.271 e. The topological polar surface area (TPSA) is 115 Å². The van der Waals surface area contributed by atoms with E-state index >= 15 is 0 Å². The van der Waals surface area contributed by atoms with Gasteiger partial charge in [-0.15, -0.1) is 0 Å². The number of hydrazone groups is 1. The van der Waals surface area contributed by atoms with Gasteiger partial charge in [0.05, 0.1) is 23.4 Å². The van der Waals surface area contributed by atoms with Crippen molar-refractivity contribution < 1.29 is 17.9 Å². The molecule has 0 unspecified atom stereocenters. The number of carbonyl (C=O) groups is 1. The van der Waals surface area contributed by atoms with Crippen LogP contribution in [0.15, 0.2) is 119 Å². The molecule has 0 bridgehead atoms. The molecule has 0 saturated carbocycles. The lowest BCUT2D eigenvalue weighted by Crippen LogP contribution is -2.18. The average molecular weight is 614 g/mol. The summed E-state index contributed by atoms with van der Waals surface area (Å²) in [4.78, 5) is 12.9. The van der Waals surface area contributed by atoms with Crippen LogP contribution in [0.5, 0.6) is 5.75 Å². The van der Waals surface area contributed by atoms with Gasteiger partial charge in [0.2, 0.25) is 0 Å². The number of para-hydroxylation sites is 1. The van der Waals surface area contributed by atoms with E-state index in [1.54, 1.807) is 4.68 Å². The summed E-state index contributed by atoms with van der Waals surface area (Å²) in [6, 6.07) is 29.2. The van der Waals surface area contributed by atoms with E-state index in [-0.39, 0.29) is 4.90 Å². The molecular formula is C32H28ClN5O4S. The SMILES string of the molecule is CCCOc1ccc(-c2nn(-c3ccccc3)cc2C=NNC(=O)c2ccc(NS(=O)(=O)c3ccc(Cl)cc3)cc2)cc1. The number of rotatable bonds is 11. The lowest BCUT2D eigenvalue weighted by Gasteiger charge is -2.09. The smallest absolute Gasteiger partial charge is 0.271 e. The Labute approximate surface area is 254 Å². The summed E-state index contributed by atoms with van der Waals surface area (Å²) < 4.78 is 35.2. The molecule has 1 amide bonds. The van der Waals surface area contributed by atoms with Crippen molar-refractivity contribution in [2.24, 2.45) is 5.10 Å². The zero-order valence-electron chi connectivity index (χ0n) is 23.1. The first-order chi connectivity index (χ1) is 20.8. The number of hydrogen-bond donors (Lipinski definition) is 2. The maximum atomic E-state index is 12.8. The molecule has 1 aromatic heterocycles. The van der Waals surface area contributed by atoms with E-state index < -0.39 is 15.9 Å². The fraction of sp³-hybridized carbons (Fsp3) is 0.0938. The Kier molecular flexibility index (Phi) is 9.19. The standard InChI is InChI=1S/C32H28ClN5O4S/c1-2-20-42-29-16-10-23(11-17-29)31-25(22-38(36-31)28-6-4-3-5-7-28)21-34-35-32(39)24-8-14-27(15-9-24)37-43(40,41)30-18-12-26(33)13-19-30/h3-19,21-22,37H,2,20H2,1H3,(H,35,39). The molecule has 0 fully saturated rings. The lowest BCUT2D eigenvalue weighted by molar-refractivity contribution is 0.0955. The minimum atomic E-state index is -3.81. The van der Waals surface area contributed by atoms with Gasteiger partial charge in [-0.2, -0.15) is 10.2 Å². The molecule has 11 heteroatoms. The van der Waals surface area contributed by atoms with Gasteiger partial charge in [0, 0.05) is 33.6 Å². The second kappa shape index (κ2) is 13.4. The van der Waals surface area contributed by atoms with Gasteiger partial charge >= 0.3 is 0 Å². The third-order valence-corrected chi connectivity index (χ3v) is 7.91. The van der Waals surface area contributed by atoms with Crippen LogP contribution in [-0.4, -0.2) is 36.9 Å². The molecule has 5 rings (SSSR count). The van der Waals surface area contributed by atoms with E-state index in [1.165, 1.54) is 54.7 Å². The highest BCUT2D eigenvalue weighted by atomic mass is 35.5. The van der Waals surface area contributed by atoms with Crippen LogP contribution in [0.2, 0.25) is 5.02 Å². The number of sulfonamides is 1. The van der Waals surface area contributed by atoms with Gasteiger partial charge < -0.3 is 4.74 Å². The van der Waals surface area contributed by atoms with Crippen LogP contribution in [0.25, 0.3) is 16.9 Å². The van der Waals surface area contributed by atoms with Crippen LogP contribution in [-0.2, 0) is 10.0 Å². The Morgan fingerprint density at radius 2 is 1.65 bits per heavy atom. The normalized spacial score (nSPS) is 11.4. The van der Waals surface area contributed by atoms with E-state index in [0.29, 0.717) is 34.1 Å². The Morgan fingerprint density at radius 1 is 0.953 bits per heavy atom. The number of aromatic nitrogens is 2. The Hall–Kier alpha value is -4.93. The second-order valence-electron chi connectivity index (χ2n) is 9.42. The molecule has 218 valence electrons. The van der Waals surface area contributed by atoms with E-state index in [4.69, 9.17) is 21.4 Å². The molecule has 4 aromatic carbocycles. The number of nitrogens with one attached hydrogen (secondary N) is 2. The summed E-state index contributed by atoms with van der Waals surface area (Å²) in [6.45, 7) is 2.69. The minimum absolute atomic E-state index is 0.0729. The zero-order valence-corrected chi connectivity index (χ0v) is 24.7. The number of nitrogens with zero attached hydrogens (tertiary/aromatic N) is 3. The minimum Gasteiger partial charge on any atom is -0.494 e. The first kappa shape index (κ1) is 29.6. The summed E-state index contributed by atoms with van der Waals surface area (Å²) in [5.74, 6) is 0.317. The molecule has 0 aliphatic carbocycles. The van der Waals surface area contributed by atoms with Crippen molar-refractivity contribution >= 4 is 39.4 Å². The monoisotopic (exact) mass is 613 g/mol. The van der Waals surface area contributed by atoms with Gasteiger partial charge in [0.15, 0.2) is 0 Å². The first-order valence-corrected chi connectivity index (χ1v) is 15.3. The van der Waals surface area contributed by atoms with Gasteiger partial charge in [0.25, 0.3) is 15.9 Å². The summed E-state index contributed by atoms with van der Waals surface area (Å²) in [6.07, 6.45) is 4.29. The van der Waals surface area contributed by atoms with Crippen molar-refractivity contribution in [3.8, 4) is 22.7 Å². The van der Waals surface area contributed by atoms with Crippen molar-refractivity contribution in [2.45, 2.75) is 18.2 Å². The largest absolute Gasteiger partial charge is 0.494 e. The number of anilines is 1. The predicted molar refractivity (Wildman–Crippen MR) is 169 cm³/mol. The maximum absolute atomic E-state index is 12.8. The highest BCUT2D eigenvalue weighted by Gasteiger charge is 2.15. The summed E-state index contributed by atoms with van der Waals surface area (Å²) in [7, 11) is -3.81. The van der Waals surface area contributed by atoms with Gasteiger partial charge in [0.1, 0.15) is 11.4 Å². The average Bonchev–Trinajstić information content (AvgIpc) is 3.45. The molecular weight excluding hydrogens is 586 g/mol. The number of amides is 1. The van der Waals surface area contributed by atoms with E-state index in [9.17, 15) is 13.2 Å². The second-order valence-corrected chi connectivity index (χ2v) is 11.5. The van der Waals surface area contributed by atoms with Gasteiger partial charge in [-0.25, -0.2) is 18.5 Å². The molecule has 43 heavy (non-hydrogen) atoms. The molecule has 0 aliphatic heterocycles. The number of halogens is 1. The van der Waals surface area contributed by atoms with Crippen molar-refractivity contribution in [1.29, 1.82) is 0 Å². The molecule has 9 nitrogen and oxygen atoms in total. The van der Waals surface area contributed by atoms with Gasteiger partial charge in [-0.05, 0) is 91.3 Å². The van der Waals surface area contributed by atoms with Gasteiger partial charge in [-0.1, -0.05) is 36.7 Å². The molecule has 0 saturated heterocycles. The van der Waals surface area contributed by atoms with E-state index in [2.05, 4.69) is 22.2 Å².